The van der Waals surface area contributed by atoms with Crippen LogP contribution in [0.25, 0.3) is 5.57 Å². The fourth-order valence-electron chi connectivity index (χ4n) is 1.96. The smallest absolute Gasteiger partial charge is 0.331 e. The van der Waals surface area contributed by atoms with Gasteiger partial charge in [-0.15, -0.1) is 0 Å². The van der Waals surface area contributed by atoms with Gasteiger partial charge in [-0.1, -0.05) is 0 Å². The summed E-state index contributed by atoms with van der Waals surface area (Å²) in [5.41, 5.74) is 2.09. The highest BCUT2D eigenvalue weighted by molar-refractivity contribution is 5.97. The molecule has 3 nitrogen and oxygen atoms in total. The van der Waals surface area contributed by atoms with Gasteiger partial charge >= 0.3 is 5.97 Å². The molecule has 0 saturated heterocycles. The number of carbonyl (C=O) groups excluding carboxylic acids is 1. The van der Waals surface area contributed by atoms with Crippen LogP contribution in [0.2, 0.25) is 0 Å². The number of ether oxygens (including phenoxy) is 1. The molecule has 1 atom stereocenters. The molecule has 0 amide bonds. The van der Waals surface area contributed by atoms with Crippen LogP contribution >= 0.6 is 0 Å². The maximum atomic E-state index is 11.0. The second-order valence-electron chi connectivity index (χ2n) is 3.34. The van der Waals surface area contributed by atoms with Crippen LogP contribution in [0.4, 0.5) is 0 Å². The number of hydrogen-bond acceptors (Lipinski definition) is 3. The van der Waals surface area contributed by atoms with E-state index in [1.54, 1.807) is 6.26 Å². The highest BCUT2D eigenvalue weighted by atomic mass is 16.5. The van der Waals surface area contributed by atoms with Crippen molar-refractivity contribution in [1.82, 2.24) is 0 Å². The van der Waals surface area contributed by atoms with E-state index in [0.29, 0.717) is 0 Å². The Balaban J connectivity index is 2.16. The predicted molar refractivity (Wildman–Crippen MR) is 44.9 cm³/mol. The fraction of sp³-hybridized carbons (Fsp3) is 0.300. The molecule has 0 saturated carbocycles. The molecule has 3 rings (SSSR count). The minimum atomic E-state index is -0.246. The van der Waals surface area contributed by atoms with Gasteiger partial charge < -0.3 is 9.15 Å². The molecule has 1 aliphatic carbocycles. The lowest BCUT2D eigenvalue weighted by molar-refractivity contribution is -0.138. The van der Waals surface area contributed by atoms with Crippen molar-refractivity contribution in [3.05, 3.63) is 29.7 Å². The SMILES string of the molecule is O=C1C=C2c3occc3CCC2O1. The lowest BCUT2D eigenvalue weighted by Crippen LogP contribution is -2.16. The number of carbonyl (C=O) groups is 1. The van der Waals surface area contributed by atoms with Crippen molar-refractivity contribution >= 4 is 11.5 Å². The Morgan fingerprint density at radius 3 is 3.31 bits per heavy atom. The van der Waals surface area contributed by atoms with Crippen molar-refractivity contribution in [2.75, 3.05) is 0 Å². The second kappa shape index (κ2) is 2.25. The summed E-state index contributed by atoms with van der Waals surface area (Å²) < 4.78 is 10.4. The Labute approximate surface area is 75.0 Å². The van der Waals surface area contributed by atoms with E-state index in [1.165, 1.54) is 11.6 Å². The predicted octanol–water partition coefficient (Wildman–Crippen LogP) is 1.53. The molecule has 0 fully saturated rings. The summed E-state index contributed by atoms with van der Waals surface area (Å²) in [5, 5.41) is 0. The highest BCUT2D eigenvalue weighted by Crippen LogP contribution is 2.36. The van der Waals surface area contributed by atoms with Crippen LogP contribution in [0.1, 0.15) is 17.7 Å². The standard InChI is InChI=1S/C10H8O3/c11-9-5-7-8(13-9)2-1-6-3-4-12-10(6)7/h3-5,8H,1-2H2. The molecule has 1 aromatic rings. The summed E-state index contributed by atoms with van der Waals surface area (Å²) in [4.78, 5) is 11.0. The molecule has 3 heteroatoms. The van der Waals surface area contributed by atoms with Gasteiger partial charge in [-0.05, 0) is 24.5 Å². The Morgan fingerprint density at radius 2 is 2.38 bits per heavy atom. The summed E-state index contributed by atoms with van der Waals surface area (Å²) in [6.45, 7) is 0. The summed E-state index contributed by atoms with van der Waals surface area (Å²) in [6, 6.07) is 1.95. The first-order chi connectivity index (χ1) is 6.34. The van der Waals surface area contributed by atoms with Crippen molar-refractivity contribution in [2.24, 2.45) is 0 Å². The first kappa shape index (κ1) is 6.95. The first-order valence-electron chi connectivity index (χ1n) is 4.33. The van der Waals surface area contributed by atoms with Gasteiger partial charge in [0.1, 0.15) is 11.9 Å². The van der Waals surface area contributed by atoms with Gasteiger partial charge in [-0.25, -0.2) is 4.79 Å². The number of esters is 1. The Morgan fingerprint density at radius 1 is 1.46 bits per heavy atom. The Hall–Kier alpha value is -1.51. The second-order valence-corrected chi connectivity index (χ2v) is 3.34. The van der Waals surface area contributed by atoms with Crippen molar-refractivity contribution in [2.45, 2.75) is 18.9 Å². The zero-order valence-electron chi connectivity index (χ0n) is 6.95. The maximum Gasteiger partial charge on any atom is 0.331 e. The summed E-state index contributed by atoms with van der Waals surface area (Å²) in [6.07, 6.45) is 4.94. The van der Waals surface area contributed by atoms with Gasteiger partial charge in [0, 0.05) is 11.6 Å². The van der Waals surface area contributed by atoms with Crippen LogP contribution in [0.5, 0.6) is 0 Å². The third-order valence-corrected chi connectivity index (χ3v) is 2.56. The van der Waals surface area contributed by atoms with Gasteiger partial charge in [0.15, 0.2) is 0 Å². The minimum absolute atomic E-state index is 0.0638. The largest absolute Gasteiger partial charge is 0.464 e. The maximum absolute atomic E-state index is 11.0. The molecule has 0 spiro atoms. The van der Waals surface area contributed by atoms with Crippen LogP contribution in [0.15, 0.2) is 22.8 Å². The van der Waals surface area contributed by atoms with E-state index >= 15 is 0 Å². The molecule has 66 valence electrons. The monoisotopic (exact) mass is 176 g/mol. The average Bonchev–Trinajstić information content (AvgIpc) is 2.65. The van der Waals surface area contributed by atoms with Gasteiger partial charge in [-0.3, -0.25) is 0 Å². The van der Waals surface area contributed by atoms with Crippen LogP contribution in [0, 0.1) is 0 Å². The van der Waals surface area contributed by atoms with Crippen molar-refractivity contribution < 1.29 is 13.9 Å². The summed E-state index contributed by atoms with van der Waals surface area (Å²) in [5.74, 6) is 0.589. The third kappa shape index (κ3) is 0.869. The van der Waals surface area contributed by atoms with Crippen LogP contribution in [-0.2, 0) is 16.0 Å². The first-order valence-corrected chi connectivity index (χ1v) is 4.33. The molecule has 2 aliphatic rings. The average molecular weight is 176 g/mol. The van der Waals surface area contributed by atoms with E-state index in [2.05, 4.69) is 0 Å². The number of furan rings is 1. The van der Waals surface area contributed by atoms with Gasteiger partial charge in [0.05, 0.1) is 6.26 Å². The molecule has 2 heterocycles. The fourth-order valence-corrected chi connectivity index (χ4v) is 1.96. The molecular weight excluding hydrogens is 168 g/mol. The van der Waals surface area contributed by atoms with E-state index in [0.717, 1.165) is 24.2 Å². The molecule has 0 bridgehead atoms. The topological polar surface area (TPSA) is 39.4 Å². The Bertz CT molecular complexity index is 400. The van der Waals surface area contributed by atoms with E-state index in [1.807, 2.05) is 6.07 Å². The molecule has 13 heavy (non-hydrogen) atoms. The van der Waals surface area contributed by atoms with E-state index in [4.69, 9.17) is 9.15 Å². The summed E-state index contributed by atoms with van der Waals surface area (Å²) >= 11 is 0. The van der Waals surface area contributed by atoms with Gasteiger partial charge in [0.2, 0.25) is 0 Å². The normalized spacial score (nSPS) is 24.8. The van der Waals surface area contributed by atoms with Crippen LogP contribution in [-0.4, -0.2) is 12.1 Å². The number of rotatable bonds is 0. The van der Waals surface area contributed by atoms with Crippen LogP contribution in [0.3, 0.4) is 0 Å². The highest BCUT2D eigenvalue weighted by Gasteiger charge is 2.33. The zero-order valence-corrected chi connectivity index (χ0v) is 6.95. The zero-order chi connectivity index (χ0) is 8.84. The van der Waals surface area contributed by atoms with E-state index < -0.39 is 0 Å². The molecule has 1 aromatic heterocycles. The lowest BCUT2D eigenvalue weighted by Gasteiger charge is -2.18. The van der Waals surface area contributed by atoms with E-state index in [9.17, 15) is 4.79 Å². The van der Waals surface area contributed by atoms with Crippen molar-refractivity contribution in [1.29, 1.82) is 0 Å². The number of aryl methyl sites for hydroxylation is 1. The van der Waals surface area contributed by atoms with Crippen molar-refractivity contribution in [3.8, 4) is 0 Å². The molecule has 1 unspecified atom stereocenters. The molecule has 1 aliphatic heterocycles. The minimum Gasteiger partial charge on any atom is -0.464 e. The van der Waals surface area contributed by atoms with E-state index in [-0.39, 0.29) is 12.1 Å². The third-order valence-electron chi connectivity index (χ3n) is 2.56. The molecule has 0 aromatic carbocycles. The quantitative estimate of drug-likeness (QED) is 0.563. The molecule has 0 radical (unpaired) electrons. The van der Waals surface area contributed by atoms with Crippen LogP contribution < -0.4 is 0 Å². The lowest BCUT2D eigenvalue weighted by atomic mass is 9.92. The Kier molecular flexibility index (Phi) is 1.20. The molecular formula is C10H8O3. The van der Waals surface area contributed by atoms with Crippen molar-refractivity contribution in [3.63, 3.8) is 0 Å². The number of hydrogen-bond donors (Lipinski definition) is 0. The molecule has 0 N–H and O–H groups in total. The van der Waals surface area contributed by atoms with Gasteiger partial charge in [-0.2, -0.15) is 0 Å². The summed E-state index contributed by atoms with van der Waals surface area (Å²) in [7, 11) is 0. The van der Waals surface area contributed by atoms with Gasteiger partial charge in [0.25, 0.3) is 0 Å². The number of fused-ring (bicyclic) bond motifs is 3.